The Kier molecular flexibility index (Phi) is 5.05. The van der Waals surface area contributed by atoms with Gasteiger partial charge in [0.25, 0.3) is 0 Å². The van der Waals surface area contributed by atoms with E-state index in [-0.39, 0.29) is 18.1 Å². The van der Waals surface area contributed by atoms with E-state index < -0.39 is 0 Å². The number of nitrogens with two attached hydrogens (primary N) is 1. The highest BCUT2D eigenvalue weighted by Crippen LogP contribution is 2.13. The Hall–Kier alpha value is -0.610. The Bertz CT molecular complexity index is 199. The third-order valence-corrected chi connectivity index (χ3v) is 2.77. The molecule has 88 valence electrons. The summed E-state index contributed by atoms with van der Waals surface area (Å²) in [4.78, 5) is 13.7. The summed E-state index contributed by atoms with van der Waals surface area (Å²) in [7, 11) is 2.09. The lowest BCUT2D eigenvalue weighted by molar-refractivity contribution is -0.151. The molecule has 1 heterocycles. The predicted molar refractivity (Wildman–Crippen MR) is 59.5 cm³/mol. The molecule has 0 aromatic carbocycles. The van der Waals surface area contributed by atoms with Crippen molar-refractivity contribution >= 4 is 5.97 Å². The van der Waals surface area contributed by atoms with E-state index in [2.05, 4.69) is 11.9 Å². The molecule has 0 aliphatic carbocycles. The van der Waals surface area contributed by atoms with Crippen LogP contribution in [0.1, 0.15) is 32.6 Å². The Morgan fingerprint density at radius 1 is 1.53 bits per heavy atom. The van der Waals surface area contributed by atoms with Gasteiger partial charge in [-0.2, -0.15) is 0 Å². The Morgan fingerprint density at radius 2 is 2.13 bits per heavy atom. The first-order chi connectivity index (χ1) is 7.08. The van der Waals surface area contributed by atoms with Crippen molar-refractivity contribution in [3.63, 3.8) is 0 Å². The van der Waals surface area contributed by atoms with E-state index in [1.54, 1.807) is 0 Å². The van der Waals surface area contributed by atoms with E-state index in [4.69, 9.17) is 10.5 Å². The quantitative estimate of drug-likeness (QED) is 0.702. The summed E-state index contributed by atoms with van der Waals surface area (Å²) in [6, 6.07) is 0.0787. The van der Waals surface area contributed by atoms with E-state index in [0.717, 1.165) is 25.9 Å². The number of likely N-dealkylation sites (tertiary alicyclic amines) is 1. The zero-order chi connectivity index (χ0) is 11.3. The summed E-state index contributed by atoms with van der Waals surface area (Å²) in [6.07, 6.45) is 3.21. The maximum Gasteiger partial charge on any atom is 0.306 e. The first-order valence-electron chi connectivity index (χ1n) is 5.71. The van der Waals surface area contributed by atoms with Gasteiger partial charge >= 0.3 is 5.97 Å². The molecule has 1 atom stereocenters. The maximum absolute atomic E-state index is 11.4. The zero-order valence-electron chi connectivity index (χ0n) is 9.74. The number of hydrogen-bond acceptors (Lipinski definition) is 4. The summed E-state index contributed by atoms with van der Waals surface area (Å²) in [6.45, 7) is 3.94. The normalized spacial score (nSPS) is 21.3. The number of esters is 1. The van der Waals surface area contributed by atoms with E-state index in [0.29, 0.717) is 12.8 Å². The third kappa shape index (κ3) is 5.14. The Labute approximate surface area is 91.8 Å². The second kappa shape index (κ2) is 6.08. The topological polar surface area (TPSA) is 55.6 Å². The van der Waals surface area contributed by atoms with Crippen LogP contribution in [0.5, 0.6) is 0 Å². The molecule has 1 aliphatic rings. The van der Waals surface area contributed by atoms with Crippen LogP contribution in [-0.4, -0.2) is 43.2 Å². The SMILES string of the molecule is CC(N)CCC(=O)OC1CCN(C)CC1. The Morgan fingerprint density at radius 3 is 2.67 bits per heavy atom. The summed E-state index contributed by atoms with van der Waals surface area (Å²) in [5, 5.41) is 0. The van der Waals surface area contributed by atoms with Gasteiger partial charge in [0.2, 0.25) is 0 Å². The fraction of sp³-hybridized carbons (Fsp3) is 0.909. The van der Waals surface area contributed by atoms with Crippen LogP contribution in [0.25, 0.3) is 0 Å². The first kappa shape index (κ1) is 12.5. The van der Waals surface area contributed by atoms with Crippen molar-refractivity contribution in [2.75, 3.05) is 20.1 Å². The van der Waals surface area contributed by atoms with Crippen LogP contribution >= 0.6 is 0 Å². The van der Waals surface area contributed by atoms with Crippen LogP contribution in [0, 0.1) is 0 Å². The van der Waals surface area contributed by atoms with Gasteiger partial charge in [-0.15, -0.1) is 0 Å². The summed E-state index contributed by atoms with van der Waals surface area (Å²) in [5.74, 6) is -0.0955. The van der Waals surface area contributed by atoms with Crippen molar-refractivity contribution in [1.29, 1.82) is 0 Å². The molecule has 1 fully saturated rings. The van der Waals surface area contributed by atoms with Gasteiger partial charge < -0.3 is 15.4 Å². The van der Waals surface area contributed by atoms with E-state index in [9.17, 15) is 4.79 Å². The van der Waals surface area contributed by atoms with Crippen LogP contribution in [0.15, 0.2) is 0 Å². The summed E-state index contributed by atoms with van der Waals surface area (Å²) < 4.78 is 5.37. The molecule has 0 aromatic rings. The molecule has 1 unspecified atom stereocenters. The highest BCUT2D eigenvalue weighted by Gasteiger charge is 2.19. The van der Waals surface area contributed by atoms with Crippen LogP contribution < -0.4 is 5.73 Å². The summed E-state index contributed by atoms with van der Waals surface area (Å²) in [5.41, 5.74) is 5.58. The number of carbonyl (C=O) groups excluding carboxylic acids is 1. The monoisotopic (exact) mass is 214 g/mol. The fourth-order valence-corrected chi connectivity index (χ4v) is 1.69. The molecular formula is C11H22N2O2. The lowest BCUT2D eigenvalue weighted by Crippen LogP contribution is -2.35. The lowest BCUT2D eigenvalue weighted by atomic mass is 10.1. The van der Waals surface area contributed by atoms with Gasteiger partial charge in [0, 0.05) is 25.6 Å². The molecular weight excluding hydrogens is 192 g/mol. The van der Waals surface area contributed by atoms with Crippen LogP contribution in [-0.2, 0) is 9.53 Å². The van der Waals surface area contributed by atoms with Gasteiger partial charge in [-0.1, -0.05) is 0 Å². The average molecular weight is 214 g/mol. The molecule has 0 radical (unpaired) electrons. The van der Waals surface area contributed by atoms with Gasteiger partial charge in [0.05, 0.1) is 0 Å². The number of carbonyl (C=O) groups is 1. The number of rotatable bonds is 4. The molecule has 1 saturated heterocycles. The first-order valence-corrected chi connectivity index (χ1v) is 5.71. The van der Waals surface area contributed by atoms with Crippen molar-refractivity contribution in [1.82, 2.24) is 4.90 Å². The van der Waals surface area contributed by atoms with Crippen LogP contribution in [0.4, 0.5) is 0 Å². The highest BCUT2D eigenvalue weighted by atomic mass is 16.5. The minimum atomic E-state index is -0.0955. The largest absolute Gasteiger partial charge is 0.462 e. The van der Waals surface area contributed by atoms with Gasteiger partial charge in [0.1, 0.15) is 6.10 Å². The van der Waals surface area contributed by atoms with E-state index in [1.165, 1.54) is 0 Å². The average Bonchev–Trinajstić information content (AvgIpc) is 2.19. The van der Waals surface area contributed by atoms with Crippen molar-refractivity contribution < 1.29 is 9.53 Å². The second-order valence-electron chi connectivity index (χ2n) is 4.51. The smallest absolute Gasteiger partial charge is 0.306 e. The fourth-order valence-electron chi connectivity index (χ4n) is 1.69. The second-order valence-corrected chi connectivity index (χ2v) is 4.51. The summed E-state index contributed by atoms with van der Waals surface area (Å²) >= 11 is 0. The van der Waals surface area contributed by atoms with E-state index in [1.807, 2.05) is 6.92 Å². The van der Waals surface area contributed by atoms with Crippen LogP contribution in [0.3, 0.4) is 0 Å². The van der Waals surface area contributed by atoms with Gasteiger partial charge in [0.15, 0.2) is 0 Å². The molecule has 15 heavy (non-hydrogen) atoms. The van der Waals surface area contributed by atoms with Crippen molar-refractivity contribution in [2.45, 2.75) is 44.8 Å². The maximum atomic E-state index is 11.4. The molecule has 4 heteroatoms. The molecule has 0 aromatic heterocycles. The van der Waals surface area contributed by atoms with Crippen molar-refractivity contribution in [3.8, 4) is 0 Å². The third-order valence-electron chi connectivity index (χ3n) is 2.77. The zero-order valence-corrected chi connectivity index (χ0v) is 9.74. The van der Waals surface area contributed by atoms with Gasteiger partial charge in [-0.05, 0) is 33.2 Å². The predicted octanol–water partition coefficient (Wildman–Crippen LogP) is 0.751. The highest BCUT2D eigenvalue weighted by molar-refractivity contribution is 5.69. The van der Waals surface area contributed by atoms with Gasteiger partial charge in [-0.25, -0.2) is 0 Å². The number of piperidine rings is 1. The van der Waals surface area contributed by atoms with Crippen molar-refractivity contribution in [3.05, 3.63) is 0 Å². The molecule has 1 aliphatic heterocycles. The lowest BCUT2D eigenvalue weighted by Gasteiger charge is -2.28. The Balaban J connectivity index is 2.15. The molecule has 0 saturated carbocycles. The van der Waals surface area contributed by atoms with Gasteiger partial charge in [-0.3, -0.25) is 4.79 Å². The molecule has 0 amide bonds. The molecule has 4 nitrogen and oxygen atoms in total. The minimum absolute atomic E-state index is 0.0787. The molecule has 1 rings (SSSR count). The van der Waals surface area contributed by atoms with Crippen LogP contribution in [0.2, 0.25) is 0 Å². The number of ether oxygens (including phenoxy) is 1. The minimum Gasteiger partial charge on any atom is -0.462 e. The molecule has 2 N–H and O–H groups in total. The molecule has 0 bridgehead atoms. The van der Waals surface area contributed by atoms with E-state index >= 15 is 0 Å². The van der Waals surface area contributed by atoms with Crippen molar-refractivity contribution in [2.24, 2.45) is 5.73 Å². The number of nitrogens with zero attached hydrogens (tertiary/aromatic N) is 1. The molecule has 0 spiro atoms. The standard InChI is InChI=1S/C11H22N2O2/c1-9(12)3-4-11(14)15-10-5-7-13(2)8-6-10/h9-10H,3-8,12H2,1-2H3. The number of hydrogen-bond donors (Lipinski definition) is 1.